The van der Waals surface area contributed by atoms with E-state index in [-0.39, 0.29) is 6.03 Å². The Morgan fingerprint density at radius 2 is 2.12 bits per heavy atom. The number of H-pyrrole nitrogens is 1. The first-order valence-electron chi connectivity index (χ1n) is 10.9. The van der Waals surface area contributed by atoms with Crippen molar-refractivity contribution in [3.63, 3.8) is 0 Å². The van der Waals surface area contributed by atoms with Crippen LogP contribution in [0.1, 0.15) is 31.4 Å². The maximum Gasteiger partial charge on any atom is 0.317 e. The van der Waals surface area contributed by atoms with Crippen molar-refractivity contribution in [2.75, 3.05) is 18.4 Å². The quantitative estimate of drug-likeness (QED) is 0.424. The minimum Gasteiger partial charge on any atom is -0.340 e. The van der Waals surface area contributed by atoms with Gasteiger partial charge in [0.15, 0.2) is 0 Å². The van der Waals surface area contributed by atoms with Crippen LogP contribution in [0, 0.1) is 0 Å². The maximum absolute atomic E-state index is 12.4. The van der Waals surface area contributed by atoms with Crippen molar-refractivity contribution in [3.8, 4) is 0 Å². The molecule has 4 heterocycles. The SMILES string of the molecule is O=C(NC1CCC1)N1CC=C(c2cc3c(Nc4ccc5ncsc5c4)ncnc3[nH]2)CC1. The van der Waals surface area contributed by atoms with Crippen LogP contribution < -0.4 is 10.6 Å². The number of rotatable bonds is 4. The minimum absolute atomic E-state index is 0.0527. The van der Waals surface area contributed by atoms with Crippen LogP contribution in [-0.2, 0) is 0 Å². The molecule has 0 bridgehead atoms. The summed E-state index contributed by atoms with van der Waals surface area (Å²) in [7, 11) is 0. The van der Waals surface area contributed by atoms with Gasteiger partial charge in [0, 0.05) is 30.5 Å². The molecule has 1 fully saturated rings. The third-order valence-corrected chi connectivity index (χ3v) is 7.09. The van der Waals surface area contributed by atoms with Crippen LogP contribution in [0.2, 0.25) is 0 Å². The van der Waals surface area contributed by atoms with E-state index in [0.717, 1.165) is 57.7 Å². The summed E-state index contributed by atoms with van der Waals surface area (Å²) >= 11 is 1.62. The predicted molar refractivity (Wildman–Crippen MR) is 127 cm³/mol. The molecule has 9 heteroatoms. The summed E-state index contributed by atoms with van der Waals surface area (Å²) in [4.78, 5) is 30.9. The summed E-state index contributed by atoms with van der Waals surface area (Å²) in [5, 5.41) is 7.49. The molecule has 3 aromatic heterocycles. The lowest BCUT2D eigenvalue weighted by molar-refractivity contribution is 0.191. The molecule has 0 spiro atoms. The van der Waals surface area contributed by atoms with Gasteiger partial charge in [-0.25, -0.2) is 19.7 Å². The normalized spacial score (nSPS) is 16.8. The first kappa shape index (κ1) is 19.2. The van der Waals surface area contributed by atoms with Gasteiger partial charge in [-0.15, -0.1) is 11.3 Å². The number of aromatic amines is 1. The summed E-state index contributed by atoms with van der Waals surface area (Å²) in [6.07, 6.45) is 7.93. The van der Waals surface area contributed by atoms with Crippen LogP contribution >= 0.6 is 11.3 Å². The van der Waals surface area contributed by atoms with E-state index in [0.29, 0.717) is 19.1 Å². The highest BCUT2D eigenvalue weighted by Gasteiger charge is 2.24. The highest BCUT2D eigenvalue weighted by Crippen LogP contribution is 2.30. The van der Waals surface area contributed by atoms with Gasteiger partial charge < -0.3 is 20.5 Å². The summed E-state index contributed by atoms with van der Waals surface area (Å²) in [6, 6.07) is 8.62. The Morgan fingerprint density at radius 1 is 1.19 bits per heavy atom. The third-order valence-electron chi connectivity index (χ3n) is 6.29. The number of amides is 2. The van der Waals surface area contributed by atoms with Gasteiger partial charge in [-0.3, -0.25) is 0 Å². The van der Waals surface area contributed by atoms with Gasteiger partial charge >= 0.3 is 6.03 Å². The molecule has 0 radical (unpaired) electrons. The highest BCUT2D eigenvalue weighted by molar-refractivity contribution is 7.16. The van der Waals surface area contributed by atoms with E-state index in [4.69, 9.17) is 0 Å². The number of anilines is 2. The fraction of sp³-hybridized carbons (Fsp3) is 0.304. The molecular formula is C23H23N7OS. The van der Waals surface area contributed by atoms with Gasteiger partial charge in [0.05, 0.1) is 21.1 Å². The summed E-state index contributed by atoms with van der Waals surface area (Å²) in [5.41, 5.74) is 6.84. The molecule has 0 unspecified atom stereocenters. The number of hydrogen-bond acceptors (Lipinski definition) is 6. The van der Waals surface area contributed by atoms with Crippen molar-refractivity contribution < 1.29 is 4.79 Å². The largest absolute Gasteiger partial charge is 0.340 e. The fourth-order valence-electron chi connectivity index (χ4n) is 4.20. The van der Waals surface area contributed by atoms with Gasteiger partial charge in [0.2, 0.25) is 0 Å². The van der Waals surface area contributed by atoms with Crippen LogP contribution in [0.25, 0.3) is 26.8 Å². The first-order chi connectivity index (χ1) is 15.7. The number of fused-ring (bicyclic) bond motifs is 2. The second-order valence-corrected chi connectivity index (χ2v) is 9.22. The van der Waals surface area contributed by atoms with Crippen LogP contribution in [0.3, 0.4) is 0 Å². The van der Waals surface area contributed by atoms with E-state index in [1.165, 1.54) is 12.0 Å². The van der Waals surface area contributed by atoms with Crippen molar-refractivity contribution in [1.82, 2.24) is 30.2 Å². The number of carbonyl (C=O) groups excluding carboxylic acids is 1. The van der Waals surface area contributed by atoms with Crippen molar-refractivity contribution in [3.05, 3.63) is 47.9 Å². The minimum atomic E-state index is 0.0527. The van der Waals surface area contributed by atoms with Gasteiger partial charge in [-0.2, -0.15) is 0 Å². The van der Waals surface area contributed by atoms with E-state index >= 15 is 0 Å². The van der Waals surface area contributed by atoms with Gasteiger partial charge in [-0.1, -0.05) is 6.08 Å². The van der Waals surface area contributed by atoms with E-state index < -0.39 is 0 Å². The molecule has 32 heavy (non-hydrogen) atoms. The summed E-state index contributed by atoms with van der Waals surface area (Å²) in [5.74, 6) is 0.763. The van der Waals surface area contributed by atoms with E-state index in [1.54, 1.807) is 17.7 Å². The van der Waals surface area contributed by atoms with E-state index in [1.807, 2.05) is 22.5 Å². The average molecular weight is 446 g/mol. The van der Waals surface area contributed by atoms with Crippen LogP contribution in [0.15, 0.2) is 42.2 Å². The number of thiazole rings is 1. The molecule has 0 atom stereocenters. The molecule has 0 saturated heterocycles. The number of aromatic nitrogens is 4. The Balaban J connectivity index is 1.21. The Kier molecular flexibility index (Phi) is 4.75. The molecule has 1 aliphatic carbocycles. The topological polar surface area (TPSA) is 98.8 Å². The molecule has 1 aromatic carbocycles. The van der Waals surface area contributed by atoms with E-state index in [2.05, 4.69) is 48.8 Å². The number of hydrogen-bond donors (Lipinski definition) is 3. The zero-order valence-corrected chi connectivity index (χ0v) is 18.3. The Bertz CT molecular complexity index is 1340. The number of urea groups is 1. The zero-order chi connectivity index (χ0) is 21.5. The second kappa shape index (κ2) is 7.90. The summed E-state index contributed by atoms with van der Waals surface area (Å²) < 4.78 is 1.13. The molecule has 1 aliphatic heterocycles. The first-order valence-corrected chi connectivity index (χ1v) is 11.8. The molecule has 3 N–H and O–H groups in total. The van der Waals surface area contributed by atoms with Crippen molar-refractivity contribution in [1.29, 1.82) is 0 Å². The van der Waals surface area contributed by atoms with Gasteiger partial charge in [0.1, 0.15) is 17.8 Å². The Labute approximate surface area is 188 Å². The van der Waals surface area contributed by atoms with Gasteiger partial charge in [-0.05, 0) is 55.5 Å². The highest BCUT2D eigenvalue weighted by atomic mass is 32.1. The molecular weight excluding hydrogens is 422 g/mol. The number of nitrogens with one attached hydrogen (secondary N) is 3. The lowest BCUT2D eigenvalue weighted by Crippen LogP contribution is -2.48. The molecule has 6 rings (SSSR count). The lowest BCUT2D eigenvalue weighted by Gasteiger charge is -2.32. The van der Waals surface area contributed by atoms with Gasteiger partial charge in [0.25, 0.3) is 0 Å². The smallest absolute Gasteiger partial charge is 0.317 e. The summed E-state index contributed by atoms with van der Waals surface area (Å²) in [6.45, 7) is 1.33. The Hall–Kier alpha value is -3.46. The predicted octanol–water partition coefficient (Wildman–Crippen LogP) is 4.66. The molecule has 8 nitrogen and oxygen atoms in total. The lowest BCUT2D eigenvalue weighted by atomic mass is 9.93. The van der Waals surface area contributed by atoms with Crippen LogP contribution in [-0.4, -0.2) is 50.0 Å². The molecule has 2 amide bonds. The monoisotopic (exact) mass is 445 g/mol. The fourth-order valence-corrected chi connectivity index (χ4v) is 4.92. The molecule has 4 aromatic rings. The molecule has 2 aliphatic rings. The molecule has 1 saturated carbocycles. The van der Waals surface area contributed by atoms with Crippen LogP contribution in [0.5, 0.6) is 0 Å². The molecule has 162 valence electrons. The van der Waals surface area contributed by atoms with E-state index in [9.17, 15) is 4.79 Å². The van der Waals surface area contributed by atoms with Crippen LogP contribution in [0.4, 0.5) is 16.3 Å². The number of nitrogens with zero attached hydrogens (tertiary/aromatic N) is 4. The number of carbonyl (C=O) groups is 1. The average Bonchev–Trinajstić information content (AvgIpc) is 3.43. The Morgan fingerprint density at radius 3 is 2.94 bits per heavy atom. The van der Waals surface area contributed by atoms with Crippen molar-refractivity contribution in [2.45, 2.75) is 31.7 Å². The standard InChI is InChI=1S/C23H23N7OS/c31-23(28-15-2-1-3-15)30-8-6-14(7-9-30)19-11-17-21(24-12-25-22(17)29-19)27-16-4-5-18-20(10-16)32-13-26-18/h4-6,10-13,15H,1-3,7-9H2,(H,28,31)(H2,24,25,27,29). The zero-order valence-electron chi connectivity index (χ0n) is 17.5. The van der Waals surface area contributed by atoms with Crippen molar-refractivity contribution >= 4 is 55.7 Å². The van der Waals surface area contributed by atoms with Crippen molar-refractivity contribution in [2.24, 2.45) is 0 Å². The maximum atomic E-state index is 12.4. The third kappa shape index (κ3) is 3.58. The second-order valence-electron chi connectivity index (χ2n) is 8.33. The number of benzene rings is 1.